The molecule has 0 aliphatic carbocycles. The maximum Gasteiger partial charge on any atom is 0.324 e. The predicted octanol–water partition coefficient (Wildman–Crippen LogP) is 2.72. The van der Waals surface area contributed by atoms with Gasteiger partial charge in [-0.1, -0.05) is 42.5 Å². The molecule has 0 saturated carbocycles. The lowest BCUT2D eigenvalue weighted by molar-refractivity contribution is -0.144. The lowest BCUT2D eigenvalue weighted by atomic mass is 9.93. The number of hydrogen-bond donors (Lipinski definition) is 2. The minimum Gasteiger partial charge on any atom is -0.480 e. The summed E-state index contributed by atoms with van der Waals surface area (Å²) in [5.41, 5.74) is 0.358. The zero-order valence-electron chi connectivity index (χ0n) is 10.1. The third-order valence-electron chi connectivity index (χ3n) is 3.23. The summed E-state index contributed by atoms with van der Waals surface area (Å²) in [4.78, 5) is 11.3. The van der Waals surface area contributed by atoms with E-state index in [4.69, 9.17) is 0 Å². The van der Waals surface area contributed by atoms with Gasteiger partial charge in [-0.05, 0) is 31.4 Å². The molecular weight excluding hydrogens is 250 g/mol. The van der Waals surface area contributed by atoms with Crippen molar-refractivity contribution in [3.63, 3.8) is 0 Å². The van der Waals surface area contributed by atoms with Gasteiger partial charge in [-0.2, -0.15) is 0 Å². The van der Waals surface area contributed by atoms with E-state index in [1.807, 2.05) is 42.5 Å². The van der Waals surface area contributed by atoms with Crippen LogP contribution in [0.15, 0.2) is 36.4 Å². The van der Waals surface area contributed by atoms with Gasteiger partial charge in [0.05, 0.1) is 0 Å². The highest BCUT2D eigenvalue weighted by atomic mass is 35.5. The molecule has 4 heteroatoms. The maximum absolute atomic E-state index is 11.3. The van der Waals surface area contributed by atoms with Gasteiger partial charge in [-0.25, -0.2) is 0 Å². The average Bonchev–Trinajstić information content (AvgIpc) is 2.80. The first-order valence-corrected chi connectivity index (χ1v) is 5.93. The van der Waals surface area contributed by atoms with Gasteiger partial charge in [-0.15, -0.1) is 12.4 Å². The van der Waals surface area contributed by atoms with Crippen LogP contribution < -0.4 is 5.32 Å². The number of carboxylic acid groups (broad SMARTS) is 1. The molecule has 0 radical (unpaired) electrons. The van der Waals surface area contributed by atoms with Crippen molar-refractivity contribution in [3.05, 3.63) is 42.0 Å². The number of nitrogens with one attached hydrogen (secondary N) is 1. The Balaban J connectivity index is 0.00000162. The molecule has 0 amide bonds. The highest BCUT2D eigenvalue weighted by Gasteiger charge is 2.39. The van der Waals surface area contributed by atoms with Crippen LogP contribution in [0.5, 0.6) is 0 Å². The van der Waals surface area contributed by atoms with Crippen LogP contribution in [0.4, 0.5) is 0 Å². The molecule has 1 atom stereocenters. The normalized spacial score (nSPS) is 22.9. The Labute approximate surface area is 113 Å². The number of carboxylic acids is 1. The van der Waals surface area contributed by atoms with Crippen molar-refractivity contribution in [1.82, 2.24) is 5.32 Å². The van der Waals surface area contributed by atoms with Crippen molar-refractivity contribution in [3.8, 4) is 0 Å². The molecule has 1 aliphatic heterocycles. The number of benzene rings is 1. The Morgan fingerprint density at radius 1 is 1.39 bits per heavy atom. The standard InChI is InChI=1S/C14H17NO2.ClH/c16-13(17)14(10-5-11-15-14)9-4-8-12-6-2-1-3-7-12;/h1-4,6-8,15H,5,9-11H2,(H,16,17);1H/b8-4+;/t14-;/m1./s1. The summed E-state index contributed by atoms with van der Waals surface area (Å²) >= 11 is 0. The van der Waals surface area contributed by atoms with Gasteiger partial charge < -0.3 is 10.4 Å². The van der Waals surface area contributed by atoms with Gasteiger partial charge >= 0.3 is 5.97 Å². The van der Waals surface area contributed by atoms with Crippen molar-refractivity contribution in [2.45, 2.75) is 24.8 Å². The van der Waals surface area contributed by atoms with Crippen molar-refractivity contribution in [1.29, 1.82) is 0 Å². The summed E-state index contributed by atoms with van der Waals surface area (Å²) in [7, 11) is 0. The van der Waals surface area contributed by atoms with Crippen LogP contribution in [0.1, 0.15) is 24.8 Å². The third-order valence-corrected chi connectivity index (χ3v) is 3.23. The summed E-state index contributed by atoms with van der Waals surface area (Å²) in [5.74, 6) is -0.743. The molecule has 2 rings (SSSR count). The van der Waals surface area contributed by atoms with Gasteiger partial charge in [0, 0.05) is 0 Å². The first kappa shape index (κ1) is 14.7. The lowest BCUT2D eigenvalue weighted by Crippen LogP contribution is -2.47. The molecule has 1 fully saturated rings. The second kappa shape index (κ2) is 6.57. The Morgan fingerprint density at radius 2 is 2.11 bits per heavy atom. The largest absolute Gasteiger partial charge is 0.480 e. The smallest absolute Gasteiger partial charge is 0.324 e. The zero-order chi connectivity index (χ0) is 12.1. The third kappa shape index (κ3) is 3.34. The van der Waals surface area contributed by atoms with E-state index >= 15 is 0 Å². The van der Waals surface area contributed by atoms with Gasteiger partial charge in [0.2, 0.25) is 0 Å². The number of hydrogen-bond acceptors (Lipinski definition) is 2. The molecule has 98 valence electrons. The first-order valence-electron chi connectivity index (χ1n) is 5.93. The topological polar surface area (TPSA) is 49.3 Å². The van der Waals surface area contributed by atoms with E-state index in [-0.39, 0.29) is 12.4 Å². The number of carbonyl (C=O) groups is 1. The van der Waals surface area contributed by atoms with E-state index in [1.165, 1.54) is 0 Å². The molecule has 0 unspecified atom stereocenters. The molecule has 0 bridgehead atoms. The van der Waals surface area contributed by atoms with Crippen molar-refractivity contribution in [2.75, 3.05) is 6.54 Å². The van der Waals surface area contributed by atoms with Crippen LogP contribution in [0.3, 0.4) is 0 Å². The van der Waals surface area contributed by atoms with E-state index in [9.17, 15) is 9.90 Å². The molecule has 0 aromatic heterocycles. The Hall–Kier alpha value is -1.32. The van der Waals surface area contributed by atoms with E-state index < -0.39 is 11.5 Å². The summed E-state index contributed by atoms with van der Waals surface area (Å²) in [5, 5.41) is 12.4. The predicted molar refractivity (Wildman–Crippen MR) is 74.9 cm³/mol. The van der Waals surface area contributed by atoms with Crippen LogP contribution in [0.2, 0.25) is 0 Å². The van der Waals surface area contributed by atoms with Crippen molar-refractivity contribution in [2.24, 2.45) is 0 Å². The average molecular weight is 268 g/mol. The fourth-order valence-corrected chi connectivity index (χ4v) is 2.21. The van der Waals surface area contributed by atoms with Gasteiger partial charge in [0.25, 0.3) is 0 Å². The molecule has 1 aromatic carbocycles. The van der Waals surface area contributed by atoms with E-state index in [2.05, 4.69) is 5.32 Å². The Morgan fingerprint density at radius 3 is 2.67 bits per heavy atom. The van der Waals surface area contributed by atoms with Crippen molar-refractivity contribution >= 4 is 24.5 Å². The summed E-state index contributed by atoms with van der Waals surface area (Å²) < 4.78 is 0. The molecule has 18 heavy (non-hydrogen) atoms. The number of aliphatic carboxylic acids is 1. The summed E-state index contributed by atoms with van der Waals surface area (Å²) in [6.07, 6.45) is 6.11. The number of rotatable bonds is 4. The van der Waals surface area contributed by atoms with Crippen LogP contribution in [0, 0.1) is 0 Å². The monoisotopic (exact) mass is 267 g/mol. The SMILES string of the molecule is Cl.O=C(O)[C@@]1(C/C=C/c2ccccc2)CCCN1. The second-order valence-corrected chi connectivity index (χ2v) is 4.43. The quantitative estimate of drug-likeness (QED) is 0.882. The molecule has 0 spiro atoms. The molecule has 1 saturated heterocycles. The van der Waals surface area contributed by atoms with Crippen LogP contribution in [-0.4, -0.2) is 23.2 Å². The number of halogens is 1. The minimum atomic E-state index is -0.745. The molecule has 2 N–H and O–H groups in total. The highest BCUT2D eigenvalue weighted by Crippen LogP contribution is 2.24. The Bertz CT molecular complexity index is 411. The molecular formula is C14H18ClNO2. The van der Waals surface area contributed by atoms with Crippen molar-refractivity contribution < 1.29 is 9.90 Å². The summed E-state index contributed by atoms with van der Waals surface area (Å²) in [6.45, 7) is 0.797. The highest BCUT2D eigenvalue weighted by molar-refractivity contribution is 5.85. The van der Waals surface area contributed by atoms with Gasteiger partial charge in [0.1, 0.15) is 5.54 Å². The zero-order valence-corrected chi connectivity index (χ0v) is 11.0. The molecule has 1 aliphatic rings. The first-order chi connectivity index (χ1) is 8.23. The second-order valence-electron chi connectivity index (χ2n) is 4.43. The fourth-order valence-electron chi connectivity index (χ4n) is 2.21. The van der Waals surface area contributed by atoms with Crippen LogP contribution in [0.25, 0.3) is 6.08 Å². The van der Waals surface area contributed by atoms with E-state index in [0.717, 1.165) is 18.5 Å². The lowest BCUT2D eigenvalue weighted by Gasteiger charge is -2.22. The van der Waals surface area contributed by atoms with Crippen LogP contribution in [-0.2, 0) is 4.79 Å². The maximum atomic E-state index is 11.3. The molecule has 1 heterocycles. The molecule has 3 nitrogen and oxygen atoms in total. The minimum absolute atomic E-state index is 0. The molecule has 1 aromatic rings. The fraction of sp³-hybridized carbons (Fsp3) is 0.357. The van der Waals surface area contributed by atoms with Crippen LogP contribution >= 0.6 is 12.4 Å². The Kier molecular flexibility index (Phi) is 5.38. The van der Waals surface area contributed by atoms with E-state index in [1.54, 1.807) is 0 Å². The van der Waals surface area contributed by atoms with Gasteiger partial charge in [-0.3, -0.25) is 4.79 Å². The van der Waals surface area contributed by atoms with Gasteiger partial charge in [0.15, 0.2) is 0 Å². The van der Waals surface area contributed by atoms with E-state index in [0.29, 0.717) is 12.8 Å². The summed E-state index contributed by atoms with van der Waals surface area (Å²) in [6, 6.07) is 9.92.